The van der Waals surface area contributed by atoms with E-state index < -0.39 is 29.0 Å². The van der Waals surface area contributed by atoms with Gasteiger partial charge in [0.05, 0.1) is 0 Å². The first-order valence-electron chi connectivity index (χ1n) is 5.85. The molecule has 0 rings (SSSR count). The molecule has 0 aromatic heterocycles. The van der Waals surface area contributed by atoms with Gasteiger partial charge in [-0.25, -0.2) is 9.59 Å². The van der Waals surface area contributed by atoms with Crippen molar-refractivity contribution < 1.29 is 19.4 Å². The molecule has 0 radical (unpaired) electrons. The van der Waals surface area contributed by atoms with Crippen LogP contribution in [0.2, 0.25) is 0 Å². The number of ether oxygens (including phenoxy) is 1. The minimum absolute atomic E-state index is 0.435. The van der Waals surface area contributed by atoms with Gasteiger partial charge in [-0.2, -0.15) is 0 Å². The molecule has 5 nitrogen and oxygen atoms in total. The second-order valence-corrected chi connectivity index (χ2v) is 5.19. The lowest BCUT2D eigenvalue weighted by atomic mass is 9.81. The third-order valence-corrected chi connectivity index (χ3v) is 2.72. The molecule has 0 saturated heterocycles. The predicted octanol–water partition coefficient (Wildman–Crippen LogP) is 1.55. The van der Waals surface area contributed by atoms with E-state index in [2.05, 4.69) is 0 Å². The molecule has 0 saturated carbocycles. The van der Waals surface area contributed by atoms with E-state index in [4.69, 9.17) is 10.5 Å². The predicted molar refractivity (Wildman–Crippen MR) is 64.5 cm³/mol. The van der Waals surface area contributed by atoms with Gasteiger partial charge in [0.15, 0.2) is 0 Å². The maximum absolute atomic E-state index is 12.0. The van der Waals surface area contributed by atoms with Gasteiger partial charge in [0.25, 0.3) is 0 Å². The highest BCUT2D eigenvalue weighted by Crippen LogP contribution is 2.25. The zero-order chi connectivity index (χ0) is 13.9. The number of aliphatic carboxylic acids is 1. The molecular weight excluding hydrogens is 222 g/mol. The number of carbonyl (C=O) groups is 2. The Balaban J connectivity index is 5.21. The Morgan fingerprint density at radius 1 is 1.24 bits per heavy atom. The molecule has 0 fully saturated rings. The van der Waals surface area contributed by atoms with E-state index in [-0.39, 0.29) is 0 Å². The van der Waals surface area contributed by atoms with Crippen molar-refractivity contribution in [3.8, 4) is 0 Å². The molecule has 0 aliphatic rings. The summed E-state index contributed by atoms with van der Waals surface area (Å²) in [6, 6.07) is 0. The highest BCUT2D eigenvalue weighted by Gasteiger charge is 2.50. The Kier molecular flexibility index (Phi) is 5.13. The Bertz CT molecular complexity index is 291. The normalized spacial score (nSPS) is 15.5. The summed E-state index contributed by atoms with van der Waals surface area (Å²) < 4.78 is 5.10. The first-order valence-corrected chi connectivity index (χ1v) is 5.85. The van der Waals surface area contributed by atoms with Crippen LogP contribution in [-0.2, 0) is 14.3 Å². The van der Waals surface area contributed by atoms with E-state index in [1.807, 2.05) is 13.8 Å². The van der Waals surface area contributed by atoms with Crippen LogP contribution in [-0.4, -0.2) is 28.2 Å². The van der Waals surface area contributed by atoms with Crippen LogP contribution in [0, 0.1) is 5.92 Å². The number of rotatable bonds is 5. The number of carboxylic acids is 1. The lowest BCUT2D eigenvalue weighted by molar-refractivity contribution is -0.172. The third-order valence-electron chi connectivity index (χ3n) is 2.72. The van der Waals surface area contributed by atoms with Gasteiger partial charge in [-0.1, -0.05) is 26.7 Å². The van der Waals surface area contributed by atoms with E-state index >= 15 is 0 Å². The number of carboxylic acid groups (broad SMARTS) is 1. The Morgan fingerprint density at radius 3 is 1.88 bits per heavy atom. The van der Waals surface area contributed by atoms with Crippen molar-refractivity contribution in [2.45, 2.75) is 58.6 Å². The summed E-state index contributed by atoms with van der Waals surface area (Å²) in [5, 5.41) is 9.21. The fraction of sp³-hybridized carbons (Fsp3) is 0.833. The molecule has 5 heteroatoms. The van der Waals surface area contributed by atoms with Crippen LogP contribution in [0.4, 0.5) is 0 Å². The third kappa shape index (κ3) is 3.70. The summed E-state index contributed by atoms with van der Waals surface area (Å²) in [6.07, 6.45) is 1.02. The van der Waals surface area contributed by atoms with Gasteiger partial charge in [-0.15, -0.1) is 0 Å². The summed E-state index contributed by atoms with van der Waals surface area (Å²) in [5.74, 6) is -2.64. The largest absolute Gasteiger partial charge is 0.479 e. The van der Waals surface area contributed by atoms with Crippen molar-refractivity contribution in [3.05, 3.63) is 0 Å². The Hall–Kier alpha value is -1.10. The van der Waals surface area contributed by atoms with Crippen LogP contribution in [0.1, 0.15) is 47.5 Å². The van der Waals surface area contributed by atoms with Gasteiger partial charge in [-0.3, -0.25) is 0 Å². The molecule has 0 aliphatic carbocycles. The fourth-order valence-corrected chi connectivity index (χ4v) is 1.72. The van der Waals surface area contributed by atoms with Crippen molar-refractivity contribution in [1.82, 2.24) is 0 Å². The monoisotopic (exact) mass is 245 g/mol. The minimum atomic E-state index is -1.96. The molecule has 1 atom stereocenters. The summed E-state index contributed by atoms with van der Waals surface area (Å²) in [5.41, 5.74) is 3.07. The van der Waals surface area contributed by atoms with Gasteiger partial charge in [0.1, 0.15) is 5.60 Å². The van der Waals surface area contributed by atoms with E-state index in [0.717, 1.165) is 0 Å². The molecule has 0 unspecified atom stereocenters. The standard InChI is InChI=1S/C12H23NO4/c1-6-8(7-2)12(13,9(14)15)10(16)17-11(3,4)5/h8H,6-7,13H2,1-5H3,(H,14,15)/t12-/m1/s1. The van der Waals surface area contributed by atoms with Crippen molar-refractivity contribution >= 4 is 11.9 Å². The van der Waals surface area contributed by atoms with Gasteiger partial charge in [-0.05, 0) is 26.7 Å². The molecule has 0 aromatic carbocycles. The van der Waals surface area contributed by atoms with Crippen LogP contribution < -0.4 is 5.73 Å². The van der Waals surface area contributed by atoms with Crippen LogP contribution in [0.3, 0.4) is 0 Å². The van der Waals surface area contributed by atoms with Crippen molar-refractivity contribution in [1.29, 1.82) is 0 Å². The van der Waals surface area contributed by atoms with E-state index in [9.17, 15) is 14.7 Å². The number of nitrogens with two attached hydrogens (primary N) is 1. The molecule has 0 aliphatic heterocycles. The van der Waals surface area contributed by atoms with Crippen molar-refractivity contribution in [2.75, 3.05) is 0 Å². The fourth-order valence-electron chi connectivity index (χ4n) is 1.72. The maximum atomic E-state index is 12.0. The zero-order valence-electron chi connectivity index (χ0n) is 11.2. The van der Waals surface area contributed by atoms with Gasteiger partial charge >= 0.3 is 11.9 Å². The molecule has 0 spiro atoms. The summed E-state index contributed by atoms with van der Waals surface area (Å²) in [7, 11) is 0. The average Bonchev–Trinajstić information content (AvgIpc) is 2.16. The Morgan fingerprint density at radius 2 is 1.65 bits per heavy atom. The second kappa shape index (κ2) is 5.49. The van der Waals surface area contributed by atoms with Gasteiger partial charge in [0, 0.05) is 0 Å². The van der Waals surface area contributed by atoms with E-state index in [0.29, 0.717) is 12.8 Å². The summed E-state index contributed by atoms with van der Waals surface area (Å²) >= 11 is 0. The lowest BCUT2D eigenvalue weighted by Crippen LogP contribution is -2.61. The first kappa shape index (κ1) is 15.9. The smallest absolute Gasteiger partial charge is 0.338 e. The number of hydrogen-bond acceptors (Lipinski definition) is 4. The molecular formula is C12H23NO4. The minimum Gasteiger partial charge on any atom is -0.479 e. The highest BCUT2D eigenvalue weighted by molar-refractivity contribution is 6.04. The van der Waals surface area contributed by atoms with Gasteiger partial charge in [0.2, 0.25) is 5.54 Å². The molecule has 17 heavy (non-hydrogen) atoms. The van der Waals surface area contributed by atoms with Crippen molar-refractivity contribution in [2.24, 2.45) is 11.7 Å². The molecule has 0 amide bonds. The first-order chi connectivity index (χ1) is 7.59. The maximum Gasteiger partial charge on any atom is 0.338 e. The number of carbonyl (C=O) groups excluding carboxylic acids is 1. The number of esters is 1. The topological polar surface area (TPSA) is 89.6 Å². The van der Waals surface area contributed by atoms with Crippen LogP contribution in [0.5, 0.6) is 0 Å². The van der Waals surface area contributed by atoms with Crippen LogP contribution in [0.15, 0.2) is 0 Å². The van der Waals surface area contributed by atoms with Crippen molar-refractivity contribution in [3.63, 3.8) is 0 Å². The quantitative estimate of drug-likeness (QED) is 0.566. The Labute approximate surface area is 102 Å². The lowest BCUT2D eigenvalue weighted by Gasteiger charge is -2.33. The number of hydrogen-bond donors (Lipinski definition) is 2. The van der Waals surface area contributed by atoms with Crippen LogP contribution >= 0.6 is 0 Å². The molecule has 0 heterocycles. The molecule has 3 N–H and O–H groups in total. The van der Waals surface area contributed by atoms with Gasteiger partial charge < -0.3 is 15.6 Å². The van der Waals surface area contributed by atoms with Crippen LogP contribution in [0.25, 0.3) is 0 Å². The highest BCUT2D eigenvalue weighted by atomic mass is 16.6. The summed E-state index contributed by atoms with van der Waals surface area (Å²) in [6.45, 7) is 8.66. The van der Waals surface area contributed by atoms with E-state index in [1.54, 1.807) is 20.8 Å². The molecule has 100 valence electrons. The average molecular weight is 245 g/mol. The second-order valence-electron chi connectivity index (χ2n) is 5.19. The SMILES string of the molecule is CCC(CC)[C@@](N)(C(=O)O)C(=O)OC(C)(C)C. The van der Waals surface area contributed by atoms with E-state index in [1.165, 1.54) is 0 Å². The summed E-state index contributed by atoms with van der Waals surface area (Å²) in [4.78, 5) is 23.2. The zero-order valence-corrected chi connectivity index (χ0v) is 11.2. The molecule has 0 aromatic rings. The molecule has 0 bridgehead atoms.